The third kappa shape index (κ3) is 2.34. The van der Waals surface area contributed by atoms with Gasteiger partial charge in [0.05, 0.1) is 5.56 Å². The summed E-state index contributed by atoms with van der Waals surface area (Å²) in [5.41, 5.74) is 1.22. The van der Waals surface area contributed by atoms with Crippen LogP contribution in [0.3, 0.4) is 0 Å². The van der Waals surface area contributed by atoms with Crippen molar-refractivity contribution in [1.29, 1.82) is 0 Å². The molecule has 0 radical (unpaired) electrons. The minimum absolute atomic E-state index is 0.129. The molecule has 0 heterocycles. The van der Waals surface area contributed by atoms with Crippen LogP contribution in [-0.4, -0.2) is 16.2 Å². The first-order valence-electron chi connectivity index (χ1n) is 5.25. The molecule has 0 aliphatic carbocycles. The lowest BCUT2D eigenvalue weighted by atomic mass is 9.97. The van der Waals surface area contributed by atoms with Crippen molar-refractivity contribution in [2.24, 2.45) is 0 Å². The highest BCUT2D eigenvalue weighted by Crippen LogP contribution is 2.24. The van der Waals surface area contributed by atoms with Crippen LogP contribution in [0.25, 0.3) is 0 Å². The van der Waals surface area contributed by atoms with Gasteiger partial charge in [0, 0.05) is 0 Å². The second kappa shape index (κ2) is 4.80. The monoisotopic (exact) mass is 228 g/mol. The maximum Gasteiger partial charge on any atom is 0.336 e. The van der Waals surface area contributed by atoms with Crippen LogP contribution in [0.1, 0.15) is 27.6 Å². The SMILES string of the molecule is O=C(O)c1ccccc1[C@H](O)c1ccccc1. The summed E-state index contributed by atoms with van der Waals surface area (Å²) >= 11 is 0. The van der Waals surface area contributed by atoms with E-state index in [9.17, 15) is 9.90 Å². The van der Waals surface area contributed by atoms with Crippen molar-refractivity contribution in [2.75, 3.05) is 0 Å². The van der Waals surface area contributed by atoms with E-state index >= 15 is 0 Å². The molecule has 0 aliphatic heterocycles. The predicted octanol–water partition coefficient (Wildman–Crippen LogP) is 2.47. The van der Waals surface area contributed by atoms with E-state index in [1.54, 1.807) is 30.3 Å². The highest BCUT2D eigenvalue weighted by molar-refractivity contribution is 5.89. The summed E-state index contributed by atoms with van der Waals surface area (Å²) in [4.78, 5) is 11.0. The molecule has 0 saturated carbocycles. The lowest BCUT2D eigenvalue weighted by molar-refractivity contribution is 0.0691. The van der Waals surface area contributed by atoms with Gasteiger partial charge in [-0.3, -0.25) is 0 Å². The molecule has 2 aromatic carbocycles. The van der Waals surface area contributed by atoms with Gasteiger partial charge >= 0.3 is 5.97 Å². The molecule has 1 atom stereocenters. The number of carboxylic acid groups (broad SMARTS) is 1. The van der Waals surface area contributed by atoms with E-state index in [4.69, 9.17) is 5.11 Å². The van der Waals surface area contributed by atoms with Crippen LogP contribution < -0.4 is 0 Å². The molecule has 3 heteroatoms. The molecule has 0 spiro atoms. The van der Waals surface area contributed by atoms with Gasteiger partial charge in [-0.25, -0.2) is 4.79 Å². The molecule has 0 fully saturated rings. The first kappa shape index (κ1) is 11.4. The van der Waals surface area contributed by atoms with Crippen molar-refractivity contribution in [3.05, 3.63) is 71.3 Å². The number of aliphatic hydroxyl groups excluding tert-OH is 1. The van der Waals surface area contributed by atoms with Crippen LogP contribution in [0.4, 0.5) is 0 Å². The van der Waals surface area contributed by atoms with Crippen molar-refractivity contribution in [3.63, 3.8) is 0 Å². The summed E-state index contributed by atoms with van der Waals surface area (Å²) in [6.45, 7) is 0. The first-order chi connectivity index (χ1) is 8.20. The molecule has 2 rings (SSSR count). The lowest BCUT2D eigenvalue weighted by Gasteiger charge is -2.13. The number of hydrogen-bond acceptors (Lipinski definition) is 2. The molecule has 3 nitrogen and oxygen atoms in total. The van der Waals surface area contributed by atoms with E-state index in [1.807, 2.05) is 18.2 Å². The molecule has 86 valence electrons. The molecule has 17 heavy (non-hydrogen) atoms. The van der Waals surface area contributed by atoms with E-state index < -0.39 is 12.1 Å². The molecular weight excluding hydrogens is 216 g/mol. The number of carbonyl (C=O) groups is 1. The van der Waals surface area contributed by atoms with Crippen LogP contribution in [0.5, 0.6) is 0 Å². The Kier molecular flexibility index (Phi) is 3.21. The minimum atomic E-state index is -1.03. The van der Waals surface area contributed by atoms with Crippen molar-refractivity contribution < 1.29 is 15.0 Å². The van der Waals surface area contributed by atoms with Crippen LogP contribution >= 0.6 is 0 Å². The highest BCUT2D eigenvalue weighted by Gasteiger charge is 2.17. The standard InChI is InChI=1S/C14H12O3/c15-13(10-6-2-1-3-7-10)11-8-4-5-9-12(11)14(16)17/h1-9,13,15H,(H,16,17)/t13-/m1/s1. The predicted molar refractivity (Wildman–Crippen MR) is 63.9 cm³/mol. The fourth-order valence-corrected chi connectivity index (χ4v) is 1.75. The Morgan fingerprint density at radius 3 is 2.18 bits per heavy atom. The molecule has 0 aromatic heterocycles. The van der Waals surface area contributed by atoms with Gasteiger partial charge in [-0.05, 0) is 17.2 Å². The fraction of sp³-hybridized carbons (Fsp3) is 0.0714. The van der Waals surface area contributed by atoms with Gasteiger partial charge in [0.1, 0.15) is 6.10 Å². The van der Waals surface area contributed by atoms with E-state index in [0.29, 0.717) is 11.1 Å². The number of carboxylic acids is 1. The second-order valence-electron chi connectivity index (χ2n) is 3.71. The Bertz CT molecular complexity index is 520. The van der Waals surface area contributed by atoms with Crippen LogP contribution in [0.2, 0.25) is 0 Å². The summed E-state index contributed by atoms with van der Waals surface area (Å²) in [5, 5.41) is 19.2. The van der Waals surface area contributed by atoms with Crippen LogP contribution in [0.15, 0.2) is 54.6 Å². The molecule has 2 aromatic rings. The van der Waals surface area contributed by atoms with Crippen molar-refractivity contribution in [1.82, 2.24) is 0 Å². The smallest absolute Gasteiger partial charge is 0.336 e. The molecule has 0 unspecified atom stereocenters. The Morgan fingerprint density at radius 1 is 0.941 bits per heavy atom. The Hall–Kier alpha value is -2.13. The molecule has 2 N–H and O–H groups in total. The quantitative estimate of drug-likeness (QED) is 0.848. The molecule has 0 saturated heterocycles. The number of aliphatic hydroxyl groups is 1. The molecular formula is C14H12O3. The second-order valence-corrected chi connectivity index (χ2v) is 3.71. The largest absolute Gasteiger partial charge is 0.478 e. The highest BCUT2D eigenvalue weighted by atomic mass is 16.4. The third-order valence-electron chi connectivity index (χ3n) is 2.60. The number of hydrogen-bond donors (Lipinski definition) is 2. The third-order valence-corrected chi connectivity index (χ3v) is 2.60. The van der Waals surface area contributed by atoms with Gasteiger partial charge < -0.3 is 10.2 Å². The average Bonchev–Trinajstić information content (AvgIpc) is 2.39. The summed E-state index contributed by atoms with van der Waals surface area (Å²) in [5.74, 6) is -1.03. The van der Waals surface area contributed by atoms with Gasteiger partial charge in [-0.1, -0.05) is 48.5 Å². The zero-order valence-corrected chi connectivity index (χ0v) is 9.08. The van der Waals surface area contributed by atoms with E-state index in [-0.39, 0.29) is 5.56 Å². The average molecular weight is 228 g/mol. The number of aromatic carboxylic acids is 1. The maximum absolute atomic E-state index is 11.0. The van der Waals surface area contributed by atoms with Crippen LogP contribution in [0, 0.1) is 0 Å². The normalized spacial score (nSPS) is 12.1. The molecule has 0 bridgehead atoms. The minimum Gasteiger partial charge on any atom is -0.478 e. The summed E-state index contributed by atoms with van der Waals surface area (Å²) in [6, 6.07) is 15.5. The zero-order valence-electron chi connectivity index (χ0n) is 9.08. The summed E-state index contributed by atoms with van der Waals surface area (Å²) in [6.07, 6.45) is -0.913. The van der Waals surface area contributed by atoms with E-state index in [1.165, 1.54) is 6.07 Å². The first-order valence-corrected chi connectivity index (χ1v) is 5.25. The van der Waals surface area contributed by atoms with Crippen molar-refractivity contribution in [3.8, 4) is 0 Å². The zero-order chi connectivity index (χ0) is 12.3. The van der Waals surface area contributed by atoms with E-state index in [2.05, 4.69) is 0 Å². The van der Waals surface area contributed by atoms with Gasteiger partial charge in [0.25, 0.3) is 0 Å². The Morgan fingerprint density at radius 2 is 1.53 bits per heavy atom. The van der Waals surface area contributed by atoms with Crippen LogP contribution in [-0.2, 0) is 0 Å². The Labute approximate surface area is 99.0 Å². The summed E-state index contributed by atoms with van der Waals surface area (Å²) in [7, 11) is 0. The number of rotatable bonds is 3. The van der Waals surface area contributed by atoms with Gasteiger partial charge in [-0.2, -0.15) is 0 Å². The van der Waals surface area contributed by atoms with Gasteiger partial charge in [0.15, 0.2) is 0 Å². The molecule has 0 amide bonds. The van der Waals surface area contributed by atoms with Gasteiger partial charge in [-0.15, -0.1) is 0 Å². The van der Waals surface area contributed by atoms with Gasteiger partial charge in [0.2, 0.25) is 0 Å². The lowest BCUT2D eigenvalue weighted by Crippen LogP contribution is -2.07. The Balaban J connectivity index is 2.44. The van der Waals surface area contributed by atoms with Crippen molar-refractivity contribution >= 4 is 5.97 Å². The van der Waals surface area contributed by atoms with E-state index in [0.717, 1.165) is 0 Å². The fourth-order valence-electron chi connectivity index (χ4n) is 1.75. The van der Waals surface area contributed by atoms with Crippen molar-refractivity contribution in [2.45, 2.75) is 6.10 Å². The molecule has 0 aliphatic rings. The number of benzene rings is 2. The maximum atomic E-state index is 11.0. The topological polar surface area (TPSA) is 57.5 Å². The summed E-state index contributed by atoms with van der Waals surface area (Å²) < 4.78 is 0.